The average molecular weight is 341 g/mol. The molecule has 24 heavy (non-hydrogen) atoms. The summed E-state index contributed by atoms with van der Waals surface area (Å²) < 4.78 is 0. The molecular weight excluding hydrogens is 318 g/mol. The van der Waals surface area contributed by atoms with E-state index in [9.17, 15) is 4.79 Å². The standard InChI is InChI=1S/C19H23N3OS/c1-13-18(24-14(2)20-13)19(23)22-11-10-21(16-8-9-16)12-17(22)15-6-4-3-5-7-15/h3-7,16-17H,8-12H2,1-2H3. The topological polar surface area (TPSA) is 36.4 Å². The van der Waals surface area contributed by atoms with Crippen molar-refractivity contribution in [1.82, 2.24) is 14.8 Å². The normalized spacial score (nSPS) is 21.9. The number of aromatic nitrogens is 1. The molecule has 2 heterocycles. The number of nitrogens with zero attached hydrogens (tertiary/aromatic N) is 3. The maximum atomic E-state index is 13.2. The van der Waals surface area contributed by atoms with Gasteiger partial charge in [0.05, 0.1) is 16.7 Å². The zero-order valence-corrected chi connectivity index (χ0v) is 15.1. The van der Waals surface area contributed by atoms with E-state index in [4.69, 9.17) is 0 Å². The van der Waals surface area contributed by atoms with Crippen LogP contribution in [0, 0.1) is 13.8 Å². The van der Waals surface area contributed by atoms with Crippen LogP contribution >= 0.6 is 11.3 Å². The van der Waals surface area contributed by atoms with E-state index in [2.05, 4.69) is 39.0 Å². The lowest BCUT2D eigenvalue weighted by Gasteiger charge is -2.41. The minimum absolute atomic E-state index is 0.134. The van der Waals surface area contributed by atoms with E-state index >= 15 is 0 Å². The van der Waals surface area contributed by atoms with Crippen molar-refractivity contribution >= 4 is 17.2 Å². The first-order valence-electron chi connectivity index (χ1n) is 8.67. The molecule has 1 saturated carbocycles. The third-order valence-electron chi connectivity index (χ3n) is 5.02. The highest BCUT2D eigenvalue weighted by molar-refractivity contribution is 7.13. The maximum absolute atomic E-state index is 13.2. The molecule has 1 atom stereocenters. The van der Waals surface area contributed by atoms with Crippen molar-refractivity contribution in [3.8, 4) is 0 Å². The van der Waals surface area contributed by atoms with Crippen LogP contribution in [0.1, 0.15) is 44.8 Å². The van der Waals surface area contributed by atoms with Gasteiger partial charge in [0.15, 0.2) is 0 Å². The molecule has 0 bridgehead atoms. The molecular formula is C19H23N3OS. The van der Waals surface area contributed by atoms with E-state index in [1.807, 2.05) is 19.9 Å². The highest BCUT2D eigenvalue weighted by atomic mass is 32.1. The van der Waals surface area contributed by atoms with E-state index in [0.717, 1.165) is 41.3 Å². The van der Waals surface area contributed by atoms with Crippen LogP contribution in [0.25, 0.3) is 0 Å². The Kier molecular flexibility index (Phi) is 4.14. The van der Waals surface area contributed by atoms with E-state index in [0.29, 0.717) is 0 Å². The van der Waals surface area contributed by atoms with E-state index in [1.54, 1.807) is 0 Å². The Morgan fingerprint density at radius 2 is 1.92 bits per heavy atom. The van der Waals surface area contributed by atoms with Gasteiger partial charge >= 0.3 is 0 Å². The maximum Gasteiger partial charge on any atom is 0.266 e. The average Bonchev–Trinajstić information content (AvgIpc) is 3.39. The highest BCUT2D eigenvalue weighted by Crippen LogP contribution is 2.35. The predicted molar refractivity (Wildman–Crippen MR) is 96.4 cm³/mol. The number of hydrogen-bond acceptors (Lipinski definition) is 4. The third kappa shape index (κ3) is 2.98. The molecule has 1 aliphatic heterocycles. The first kappa shape index (κ1) is 15.8. The van der Waals surface area contributed by atoms with Gasteiger partial charge in [0.1, 0.15) is 4.88 Å². The summed E-state index contributed by atoms with van der Waals surface area (Å²) in [5.74, 6) is 0.141. The van der Waals surface area contributed by atoms with Gasteiger partial charge in [0.2, 0.25) is 0 Å². The van der Waals surface area contributed by atoms with Gasteiger partial charge in [-0.05, 0) is 32.3 Å². The van der Waals surface area contributed by atoms with Crippen LogP contribution in [0.2, 0.25) is 0 Å². The molecule has 1 aliphatic carbocycles. The monoisotopic (exact) mass is 341 g/mol. The van der Waals surface area contributed by atoms with Crippen LogP contribution in [0.5, 0.6) is 0 Å². The Bertz CT molecular complexity index is 738. The fourth-order valence-electron chi connectivity index (χ4n) is 3.64. The lowest BCUT2D eigenvalue weighted by Crippen LogP contribution is -2.51. The molecule has 5 heteroatoms. The summed E-state index contributed by atoms with van der Waals surface area (Å²) in [6.45, 7) is 6.63. The van der Waals surface area contributed by atoms with Gasteiger partial charge in [0, 0.05) is 25.7 Å². The zero-order valence-electron chi connectivity index (χ0n) is 14.2. The van der Waals surface area contributed by atoms with Crippen molar-refractivity contribution in [2.75, 3.05) is 19.6 Å². The molecule has 1 saturated heterocycles. The van der Waals surface area contributed by atoms with Crippen molar-refractivity contribution in [3.05, 3.63) is 51.5 Å². The molecule has 126 valence electrons. The number of aryl methyl sites for hydroxylation is 2. The van der Waals surface area contributed by atoms with Crippen LogP contribution in [0.3, 0.4) is 0 Å². The summed E-state index contributed by atoms with van der Waals surface area (Å²) >= 11 is 1.52. The minimum atomic E-state index is 0.134. The summed E-state index contributed by atoms with van der Waals surface area (Å²) in [6.07, 6.45) is 2.62. The van der Waals surface area contributed by atoms with Crippen molar-refractivity contribution in [2.45, 2.75) is 38.8 Å². The summed E-state index contributed by atoms with van der Waals surface area (Å²) in [6, 6.07) is 11.3. The number of carbonyl (C=O) groups excluding carboxylic acids is 1. The largest absolute Gasteiger partial charge is 0.328 e. The number of piperazine rings is 1. The van der Waals surface area contributed by atoms with Gasteiger partial charge in [-0.25, -0.2) is 4.98 Å². The number of benzene rings is 1. The SMILES string of the molecule is Cc1nc(C)c(C(=O)N2CCN(C3CC3)CC2c2ccccc2)s1. The molecule has 1 aromatic carbocycles. The third-order valence-corrected chi connectivity index (χ3v) is 6.08. The van der Waals surface area contributed by atoms with Crippen LogP contribution in [0.15, 0.2) is 30.3 Å². The van der Waals surface area contributed by atoms with Crippen LogP contribution < -0.4 is 0 Å². The van der Waals surface area contributed by atoms with Gasteiger partial charge in [-0.15, -0.1) is 11.3 Å². The second-order valence-electron chi connectivity index (χ2n) is 6.80. The van der Waals surface area contributed by atoms with Crippen LogP contribution in [-0.2, 0) is 0 Å². The Morgan fingerprint density at radius 1 is 1.17 bits per heavy atom. The number of thiazole rings is 1. The Hall–Kier alpha value is -1.72. The van der Waals surface area contributed by atoms with Gasteiger partial charge in [-0.2, -0.15) is 0 Å². The van der Waals surface area contributed by atoms with Crippen molar-refractivity contribution in [2.24, 2.45) is 0 Å². The van der Waals surface area contributed by atoms with E-state index in [1.165, 1.54) is 29.7 Å². The molecule has 2 aliphatic rings. The first-order chi connectivity index (χ1) is 11.6. The molecule has 1 unspecified atom stereocenters. The molecule has 0 radical (unpaired) electrons. The fourth-order valence-corrected chi connectivity index (χ4v) is 4.52. The predicted octanol–water partition coefficient (Wildman–Crippen LogP) is 3.42. The number of hydrogen-bond donors (Lipinski definition) is 0. The zero-order chi connectivity index (χ0) is 16.7. The van der Waals surface area contributed by atoms with Gasteiger partial charge < -0.3 is 4.90 Å². The van der Waals surface area contributed by atoms with Crippen molar-refractivity contribution in [3.63, 3.8) is 0 Å². The molecule has 2 fully saturated rings. The van der Waals surface area contributed by atoms with Crippen LogP contribution in [-0.4, -0.2) is 46.4 Å². The summed E-state index contributed by atoms with van der Waals surface area (Å²) in [4.78, 5) is 23.1. The smallest absolute Gasteiger partial charge is 0.266 e. The Balaban J connectivity index is 1.64. The molecule has 1 aromatic heterocycles. The molecule has 2 aromatic rings. The second kappa shape index (κ2) is 6.30. The lowest BCUT2D eigenvalue weighted by atomic mass is 10.0. The first-order valence-corrected chi connectivity index (χ1v) is 9.49. The van der Waals surface area contributed by atoms with Crippen LogP contribution in [0.4, 0.5) is 0 Å². The van der Waals surface area contributed by atoms with Crippen molar-refractivity contribution < 1.29 is 4.79 Å². The fraction of sp³-hybridized carbons (Fsp3) is 0.474. The summed E-state index contributed by atoms with van der Waals surface area (Å²) in [7, 11) is 0. The number of rotatable bonds is 3. The molecule has 0 N–H and O–H groups in total. The number of amides is 1. The van der Waals surface area contributed by atoms with E-state index < -0.39 is 0 Å². The molecule has 4 nitrogen and oxygen atoms in total. The quantitative estimate of drug-likeness (QED) is 0.858. The second-order valence-corrected chi connectivity index (χ2v) is 8.00. The molecule has 1 amide bonds. The van der Waals surface area contributed by atoms with Crippen molar-refractivity contribution in [1.29, 1.82) is 0 Å². The molecule has 0 spiro atoms. The van der Waals surface area contributed by atoms with E-state index in [-0.39, 0.29) is 11.9 Å². The minimum Gasteiger partial charge on any atom is -0.328 e. The van der Waals surface area contributed by atoms with Gasteiger partial charge in [-0.3, -0.25) is 9.69 Å². The van der Waals surface area contributed by atoms with Gasteiger partial charge in [-0.1, -0.05) is 30.3 Å². The lowest BCUT2D eigenvalue weighted by molar-refractivity contribution is 0.0436. The summed E-state index contributed by atoms with van der Waals surface area (Å²) in [5, 5.41) is 0.962. The van der Waals surface area contributed by atoms with Gasteiger partial charge in [0.25, 0.3) is 5.91 Å². The molecule has 4 rings (SSSR count). The summed E-state index contributed by atoms with van der Waals surface area (Å²) in [5.41, 5.74) is 2.09. The Morgan fingerprint density at radius 3 is 2.54 bits per heavy atom. The highest BCUT2D eigenvalue weighted by Gasteiger charge is 2.38. The number of carbonyl (C=O) groups is 1. The Labute approximate surface area is 147 Å².